The van der Waals surface area contributed by atoms with Crippen molar-refractivity contribution in [1.82, 2.24) is 21.3 Å². The third-order valence-electron chi connectivity index (χ3n) is 6.27. The molecule has 0 fully saturated rings. The molecule has 254 valence electrons. The van der Waals surface area contributed by atoms with E-state index in [9.17, 15) is 13.2 Å². The molecule has 0 heterocycles. The summed E-state index contributed by atoms with van der Waals surface area (Å²) in [7, 11) is 0. The van der Waals surface area contributed by atoms with Crippen molar-refractivity contribution in [2.45, 2.75) is 13.1 Å². The van der Waals surface area contributed by atoms with E-state index in [2.05, 4.69) is 68.6 Å². The Labute approximate surface area is 288 Å². The highest BCUT2D eigenvalue weighted by molar-refractivity contribution is 5.79. The summed E-state index contributed by atoms with van der Waals surface area (Å²) in [6.45, 7) is 1.99. The molecule has 0 spiro atoms. The summed E-state index contributed by atoms with van der Waals surface area (Å²) < 4.78 is 43.1. The Morgan fingerprint density at radius 3 is 1.10 bits per heavy atom. The Balaban J connectivity index is 2.22. The van der Waals surface area contributed by atoms with Crippen molar-refractivity contribution in [3.8, 4) is 69.6 Å². The molecule has 0 saturated carbocycles. The first-order valence-electron chi connectivity index (χ1n) is 14.7. The second-order valence-corrected chi connectivity index (χ2v) is 10.4. The summed E-state index contributed by atoms with van der Waals surface area (Å²) in [4.78, 5) is 0. The monoisotopic (exact) mass is 677 g/mol. The van der Waals surface area contributed by atoms with Crippen LogP contribution >= 0.6 is 0 Å². The lowest BCUT2D eigenvalue weighted by atomic mass is 9.92. The first kappa shape index (κ1) is 37.4. The van der Waals surface area contributed by atoms with Crippen LogP contribution in [0.15, 0.2) is 54.6 Å². The lowest BCUT2D eigenvalue weighted by Crippen LogP contribution is -2.30. The van der Waals surface area contributed by atoms with Crippen LogP contribution in [0.2, 0.25) is 0 Å². The van der Waals surface area contributed by atoms with Crippen LogP contribution < -0.4 is 38.5 Å². The van der Waals surface area contributed by atoms with Gasteiger partial charge in [0, 0.05) is 22.3 Å². The molecule has 0 aliphatic rings. The third-order valence-corrected chi connectivity index (χ3v) is 6.27. The number of hydrogen-bond acceptors (Lipinski definition) is 4. The number of halogens is 3. The van der Waals surface area contributed by atoms with Crippen molar-refractivity contribution < 1.29 is 13.2 Å². The van der Waals surface area contributed by atoms with E-state index in [1.807, 2.05) is 0 Å². The van der Waals surface area contributed by atoms with Gasteiger partial charge in [0.05, 0.1) is 37.6 Å². The summed E-state index contributed by atoms with van der Waals surface area (Å²) in [5, 5.41) is 40.0. The maximum atomic E-state index is 14.4. The molecule has 0 amide bonds. The normalized spacial score (nSPS) is 9.84. The van der Waals surface area contributed by atoms with Crippen LogP contribution in [0.1, 0.15) is 34.7 Å². The fraction of sp³-hybridized carbons (Fsp3) is 0.167. The highest BCUT2D eigenvalue weighted by Gasteiger charge is 2.31. The van der Waals surface area contributed by atoms with Gasteiger partial charge >= 0.3 is 6.18 Å². The third kappa shape index (κ3) is 13.0. The van der Waals surface area contributed by atoms with Crippen molar-refractivity contribution in [3.05, 3.63) is 82.4 Å². The van der Waals surface area contributed by atoms with Crippen LogP contribution in [0.5, 0.6) is 0 Å². The van der Waals surface area contributed by atoms with Gasteiger partial charge in [0.1, 0.15) is 0 Å². The van der Waals surface area contributed by atoms with E-state index in [-0.39, 0.29) is 61.0 Å². The first-order valence-corrected chi connectivity index (χ1v) is 14.7. The maximum Gasteiger partial charge on any atom is 0.416 e. The molecule has 0 aliphatic heterocycles. The van der Waals surface area contributed by atoms with Crippen molar-refractivity contribution in [1.29, 1.82) is 21.6 Å². The molecule has 50 heavy (non-hydrogen) atoms. The molecule has 0 unspecified atom stereocenters. The topological polar surface area (TPSA) is 222 Å². The molecule has 0 bridgehead atoms. The molecule has 0 aliphatic carbocycles. The average Bonchev–Trinajstić information content (AvgIpc) is 3.04. The van der Waals surface area contributed by atoms with Gasteiger partial charge in [-0.05, 0) is 83.8 Å². The highest BCUT2D eigenvalue weighted by Crippen LogP contribution is 2.37. The number of benzene rings is 3. The quantitative estimate of drug-likeness (QED) is 0.106. The summed E-state index contributed by atoms with van der Waals surface area (Å²) in [6, 6.07) is 13.7. The van der Waals surface area contributed by atoms with Crippen LogP contribution in [0, 0.1) is 69.0 Å². The van der Waals surface area contributed by atoms with Gasteiger partial charge in [-0.3, -0.25) is 21.6 Å². The highest BCUT2D eigenvalue weighted by atomic mass is 19.4. The summed E-state index contributed by atoms with van der Waals surface area (Å²) in [5.74, 6) is 22.6. The molecule has 3 aromatic rings. The Morgan fingerprint density at radius 2 is 0.820 bits per heavy atom. The van der Waals surface area contributed by atoms with E-state index in [1.54, 1.807) is 49.4 Å². The molecule has 3 aromatic carbocycles. The van der Waals surface area contributed by atoms with Crippen molar-refractivity contribution in [2.24, 2.45) is 17.2 Å². The fourth-order valence-electron chi connectivity index (χ4n) is 4.18. The van der Waals surface area contributed by atoms with Crippen molar-refractivity contribution in [2.75, 3.05) is 26.2 Å². The Bertz CT molecular complexity index is 1810. The molecule has 0 aromatic heterocycles. The van der Waals surface area contributed by atoms with E-state index in [0.717, 1.165) is 12.1 Å². The maximum absolute atomic E-state index is 14.4. The number of guanidine groups is 3. The van der Waals surface area contributed by atoms with Gasteiger partial charge < -0.3 is 38.5 Å². The predicted octanol–water partition coefficient (Wildman–Crippen LogP) is 2.48. The lowest BCUT2D eigenvalue weighted by Gasteiger charge is -2.14. The summed E-state index contributed by atoms with van der Waals surface area (Å²) in [5.41, 5.74) is 18.3. The van der Waals surface area contributed by atoms with E-state index in [1.165, 1.54) is 0 Å². The molecule has 0 radical (unpaired) electrons. The van der Waals surface area contributed by atoms with Crippen LogP contribution in [0.4, 0.5) is 13.2 Å². The zero-order chi connectivity index (χ0) is 36.7. The lowest BCUT2D eigenvalue weighted by molar-refractivity contribution is -0.137. The van der Waals surface area contributed by atoms with E-state index >= 15 is 0 Å². The minimum atomic E-state index is -4.68. The minimum absolute atomic E-state index is 0.0725. The molecule has 0 saturated heterocycles. The van der Waals surface area contributed by atoms with Crippen LogP contribution in [-0.4, -0.2) is 49.9 Å². The smallest absolute Gasteiger partial charge is 0.370 e. The fourth-order valence-corrected chi connectivity index (χ4v) is 4.18. The Hall–Kier alpha value is -7.03. The number of rotatable bonds is 6. The van der Waals surface area contributed by atoms with Crippen LogP contribution in [0.3, 0.4) is 0 Å². The zero-order valence-electron chi connectivity index (χ0n) is 26.9. The average molecular weight is 678 g/mol. The van der Waals surface area contributed by atoms with Gasteiger partial charge in [0.15, 0.2) is 17.9 Å². The zero-order valence-corrected chi connectivity index (χ0v) is 26.9. The molecular weight excluding hydrogens is 643 g/mol. The number of nitrogens with two attached hydrogens (primary N) is 3. The second kappa shape index (κ2) is 17.8. The van der Waals surface area contributed by atoms with Gasteiger partial charge in [0.25, 0.3) is 0 Å². The molecule has 11 nitrogen and oxygen atoms in total. The van der Waals surface area contributed by atoms with Gasteiger partial charge in [0.2, 0.25) is 0 Å². The van der Waals surface area contributed by atoms with Gasteiger partial charge in [-0.25, -0.2) is 0 Å². The standard InChI is InChI=1S/C36H34F3N11/c1-23(40)47-10-2-6-24-14-25(7-3-11-48-33(41)42)17-28(16-24)30-20-31(22-32(21-30)36(37,38)39)29-18-26(8-4-12-49-34(43)44)15-27(19-29)9-5-13-50-35(45)46/h14-22H,10-13H2,1H3,(H2,40,47)(H4,41,42,48)(H4,43,44,49)(H4,45,46,50). The van der Waals surface area contributed by atoms with E-state index in [0.29, 0.717) is 33.4 Å². The van der Waals surface area contributed by atoms with Gasteiger partial charge in [-0.2, -0.15) is 13.2 Å². The second-order valence-electron chi connectivity index (χ2n) is 10.4. The molecule has 0 atom stereocenters. The molecular formula is C36H34F3N11. The van der Waals surface area contributed by atoms with Crippen molar-refractivity contribution in [3.63, 3.8) is 0 Å². The van der Waals surface area contributed by atoms with Crippen LogP contribution in [-0.2, 0) is 6.18 Å². The number of amidine groups is 1. The number of alkyl halides is 3. The Morgan fingerprint density at radius 1 is 0.520 bits per heavy atom. The predicted molar refractivity (Wildman–Crippen MR) is 191 cm³/mol. The minimum Gasteiger partial charge on any atom is -0.370 e. The Kier molecular flexibility index (Phi) is 13.3. The van der Waals surface area contributed by atoms with Crippen LogP contribution in [0.25, 0.3) is 22.3 Å². The molecule has 3 rings (SSSR count). The molecule has 14 N–H and O–H groups in total. The number of hydrogen-bond donors (Lipinski definition) is 11. The summed E-state index contributed by atoms with van der Waals surface area (Å²) in [6.07, 6.45) is -4.68. The van der Waals surface area contributed by atoms with Crippen molar-refractivity contribution >= 4 is 23.7 Å². The largest absolute Gasteiger partial charge is 0.416 e. The first-order chi connectivity index (χ1) is 23.7. The van der Waals surface area contributed by atoms with E-state index < -0.39 is 11.7 Å². The molecule has 14 heteroatoms. The SMILES string of the molecule is CC(=N)NCC#Cc1cc(C#CCNC(=N)N)cc(-c2cc(-c3cc(C#CCNC(=N)N)cc(C#CCNC(=N)N)c3)cc(C(F)(F)F)c2)c1. The van der Waals surface area contributed by atoms with Gasteiger partial charge in [-0.15, -0.1) is 0 Å². The summed E-state index contributed by atoms with van der Waals surface area (Å²) >= 11 is 0. The van der Waals surface area contributed by atoms with Gasteiger partial charge in [-0.1, -0.05) is 47.4 Å². The number of nitrogens with one attached hydrogen (secondary N) is 8. The van der Waals surface area contributed by atoms with E-state index in [4.69, 9.17) is 38.8 Å².